The van der Waals surface area contributed by atoms with E-state index < -0.39 is 11.7 Å². The van der Waals surface area contributed by atoms with Crippen molar-refractivity contribution < 1.29 is 22.7 Å². The van der Waals surface area contributed by atoms with Crippen LogP contribution in [0.25, 0.3) is 22.4 Å². The highest BCUT2D eigenvalue weighted by atomic mass is 35.5. The Balaban J connectivity index is 1.73. The molecule has 0 bridgehead atoms. The summed E-state index contributed by atoms with van der Waals surface area (Å²) in [4.78, 5) is 19.9. The number of nitrogens with zero attached hydrogens (tertiary/aromatic N) is 1. The fourth-order valence-electron chi connectivity index (χ4n) is 3.41. The second-order valence-electron chi connectivity index (χ2n) is 6.83. The van der Waals surface area contributed by atoms with Gasteiger partial charge < -0.3 is 15.0 Å². The molecular weight excluding hydrogens is 407 g/mol. The number of benzene rings is 2. The summed E-state index contributed by atoms with van der Waals surface area (Å²) in [6, 6.07) is 8.44. The van der Waals surface area contributed by atoms with E-state index >= 15 is 0 Å². The fourth-order valence-corrected chi connectivity index (χ4v) is 3.58. The Hall–Kier alpha value is -2.58. The monoisotopic (exact) mass is 423 g/mol. The highest BCUT2D eigenvalue weighted by Gasteiger charge is 2.35. The highest BCUT2D eigenvalue weighted by molar-refractivity contribution is 6.30. The molecule has 2 heterocycles. The number of aromatic nitrogens is 2. The van der Waals surface area contributed by atoms with Gasteiger partial charge in [0.05, 0.1) is 16.6 Å². The molecule has 29 heavy (non-hydrogen) atoms. The van der Waals surface area contributed by atoms with E-state index in [1.165, 1.54) is 12.1 Å². The van der Waals surface area contributed by atoms with Crippen molar-refractivity contribution in [1.82, 2.24) is 15.3 Å². The Kier molecular flexibility index (Phi) is 5.23. The number of para-hydroxylation sites is 1. The van der Waals surface area contributed by atoms with Crippen molar-refractivity contribution in [3.63, 3.8) is 0 Å². The maximum absolute atomic E-state index is 13.5. The fraction of sp³-hybridized carbons (Fsp3) is 0.300. The van der Waals surface area contributed by atoms with E-state index in [2.05, 4.69) is 15.3 Å². The lowest BCUT2D eigenvalue weighted by molar-refractivity contribution is -0.137. The third-order valence-electron chi connectivity index (χ3n) is 4.86. The predicted molar refractivity (Wildman–Crippen MR) is 103 cm³/mol. The van der Waals surface area contributed by atoms with Crippen molar-refractivity contribution in [3.05, 3.63) is 52.5 Å². The van der Waals surface area contributed by atoms with E-state index in [0.717, 1.165) is 6.07 Å². The molecule has 5 nitrogen and oxygen atoms in total. The summed E-state index contributed by atoms with van der Waals surface area (Å²) in [5.74, 6) is -0.289. The second kappa shape index (κ2) is 7.68. The highest BCUT2D eigenvalue weighted by Crippen LogP contribution is 2.38. The molecule has 0 radical (unpaired) electrons. The SMILES string of the molecule is O=C(NC1CCOCC1)c1cccc2[nH]c(-c3ccc(Cl)cc3C(F)(F)F)nc12. The summed E-state index contributed by atoms with van der Waals surface area (Å²) in [6.07, 6.45) is -3.16. The number of aromatic amines is 1. The molecule has 1 fully saturated rings. The van der Waals surface area contributed by atoms with Crippen LogP contribution in [-0.4, -0.2) is 35.1 Å². The molecular formula is C20H17ClF3N3O2. The number of halogens is 4. The van der Waals surface area contributed by atoms with Gasteiger partial charge in [0.25, 0.3) is 5.91 Å². The van der Waals surface area contributed by atoms with Crippen molar-refractivity contribution >= 4 is 28.5 Å². The number of carbonyl (C=O) groups is 1. The van der Waals surface area contributed by atoms with Crippen LogP contribution in [0.1, 0.15) is 28.8 Å². The zero-order valence-corrected chi connectivity index (χ0v) is 15.9. The number of H-pyrrole nitrogens is 1. The topological polar surface area (TPSA) is 67.0 Å². The maximum Gasteiger partial charge on any atom is 0.417 e. The molecule has 4 rings (SSSR count). The maximum atomic E-state index is 13.5. The van der Waals surface area contributed by atoms with Crippen LogP contribution in [0.3, 0.4) is 0 Å². The van der Waals surface area contributed by atoms with Gasteiger partial charge in [0.1, 0.15) is 11.3 Å². The summed E-state index contributed by atoms with van der Waals surface area (Å²) in [5, 5.41) is 2.93. The largest absolute Gasteiger partial charge is 0.417 e. The Morgan fingerprint density at radius 2 is 1.97 bits per heavy atom. The third-order valence-corrected chi connectivity index (χ3v) is 5.09. The molecule has 1 amide bonds. The number of hydrogen-bond donors (Lipinski definition) is 2. The van der Waals surface area contributed by atoms with Gasteiger partial charge >= 0.3 is 6.18 Å². The molecule has 1 aliphatic heterocycles. The minimum atomic E-state index is -4.59. The molecule has 0 saturated carbocycles. The number of nitrogens with one attached hydrogen (secondary N) is 2. The Morgan fingerprint density at radius 1 is 1.21 bits per heavy atom. The summed E-state index contributed by atoms with van der Waals surface area (Å²) in [5.41, 5.74) is 0.0722. The second-order valence-corrected chi connectivity index (χ2v) is 7.27. The van der Waals surface area contributed by atoms with Crippen LogP contribution < -0.4 is 5.32 Å². The number of amides is 1. The van der Waals surface area contributed by atoms with E-state index in [1.54, 1.807) is 18.2 Å². The zero-order chi connectivity index (χ0) is 20.6. The Bertz CT molecular complexity index is 1060. The molecule has 0 aliphatic carbocycles. The molecule has 9 heteroatoms. The molecule has 0 unspecified atom stereocenters. The Labute approximate surface area is 169 Å². The van der Waals surface area contributed by atoms with Crippen LogP contribution >= 0.6 is 11.6 Å². The molecule has 0 atom stereocenters. The minimum absolute atomic E-state index is 0.00184. The molecule has 0 spiro atoms. The first kappa shape index (κ1) is 19.7. The van der Waals surface area contributed by atoms with Crippen LogP contribution in [-0.2, 0) is 10.9 Å². The summed E-state index contributed by atoms with van der Waals surface area (Å²) in [7, 11) is 0. The first-order chi connectivity index (χ1) is 13.8. The molecule has 2 aromatic carbocycles. The van der Waals surface area contributed by atoms with Gasteiger partial charge in [0.15, 0.2) is 0 Å². The minimum Gasteiger partial charge on any atom is -0.381 e. The molecule has 1 aliphatic rings. The Morgan fingerprint density at radius 3 is 2.69 bits per heavy atom. The van der Waals surface area contributed by atoms with Crippen molar-refractivity contribution in [2.45, 2.75) is 25.1 Å². The van der Waals surface area contributed by atoms with Gasteiger partial charge in [-0.05, 0) is 43.2 Å². The average Bonchev–Trinajstić information content (AvgIpc) is 3.12. The number of hydrogen-bond acceptors (Lipinski definition) is 3. The lowest BCUT2D eigenvalue weighted by Gasteiger charge is -2.23. The van der Waals surface area contributed by atoms with Crippen molar-refractivity contribution in [2.75, 3.05) is 13.2 Å². The lowest BCUT2D eigenvalue weighted by atomic mass is 10.1. The van der Waals surface area contributed by atoms with Gasteiger partial charge in [-0.3, -0.25) is 4.79 Å². The molecule has 152 valence electrons. The summed E-state index contributed by atoms with van der Waals surface area (Å²) < 4.78 is 45.7. The predicted octanol–water partition coefficient (Wildman–Crippen LogP) is 4.81. The first-order valence-corrected chi connectivity index (χ1v) is 9.45. The van der Waals surface area contributed by atoms with Crippen LogP contribution in [0.5, 0.6) is 0 Å². The quantitative estimate of drug-likeness (QED) is 0.635. The van der Waals surface area contributed by atoms with E-state index in [1.807, 2.05) is 0 Å². The van der Waals surface area contributed by atoms with E-state index in [9.17, 15) is 18.0 Å². The molecule has 3 aromatic rings. The van der Waals surface area contributed by atoms with Gasteiger partial charge in [0.2, 0.25) is 0 Å². The summed E-state index contributed by atoms with van der Waals surface area (Å²) >= 11 is 5.76. The van der Waals surface area contributed by atoms with E-state index in [4.69, 9.17) is 16.3 Å². The van der Waals surface area contributed by atoms with E-state index in [0.29, 0.717) is 42.7 Å². The standard InChI is InChI=1S/C20H17ClF3N3O2/c21-11-4-5-13(15(10-11)20(22,23)24)18-26-16-3-1-2-14(17(16)27-18)19(28)25-12-6-8-29-9-7-12/h1-5,10,12H,6-9H2,(H,25,28)(H,26,27). The number of rotatable bonds is 3. The average molecular weight is 424 g/mol. The van der Waals surface area contributed by atoms with Crippen molar-refractivity contribution in [3.8, 4) is 11.4 Å². The number of alkyl halides is 3. The molecule has 1 aromatic heterocycles. The van der Waals surface area contributed by atoms with Crippen molar-refractivity contribution in [1.29, 1.82) is 0 Å². The van der Waals surface area contributed by atoms with Gasteiger partial charge in [-0.25, -0.2) is 4.98 Å². The molecule has 2 N–H and O–H groups in total. The lowest BCUT2D eigenvalue weighted by Crippen LogP contribution is -2.38. The van der Waals surface area contributed by atoms with Crippen LogP contribution in [0.4, 0.5) is 13.2 Å². The van der Waals surface area contributed by atoms with Crippen LogP contribution in [0, 0.1) is 0 Å². The number of fused-ring (bicyclic) bond motifs is 1. The van der Waals surface area contributed by atoms with Crippen LogP contribution in [0.2, 0.25) is 5.02 Å². The summed E-state index contributed by atoms with van der Waals surface area (Å²) in [6.45, 7) is 1.16. The van der Waals surface area contributed by atoms with Gasteiger partial charge in [-0.15, -0.1) is 0 Å². The zero-order valence-electron chi connectivity index (χ0n) is 15.1. The van der Waals surface area contributed by atoms with E-state index in [-0.39, 0.29) is 28.4 Å². The number of carbonyl (C=O) groups excluding carboxylic acids is 1. The number of ether oxygens (including phenoxy) is 1. The third kappa shape index (κ3) is 4.09. The smallest absolute Gasteiger partial charge is 0.381 e. The van der Waals surface area contributed by atoms with Crippen molar-refractivity contribution in [2.24, 2.45) is 0 Å². The van der Waals surface area contributed by atoms with Crippen LogP contribution in [0.15, 0.2) is 36.4 Å². The normalized spacial score (nSPS) is 15.6. The van der Waals surface area contributed by atoms with Gasteiger partial charge in [-0.1, -0.05) is 17.7 Å². The number of imidazole rings is 1. The molecule has 1 saturated heterocycles. The first-order valence-electron chi connectivity index (χ1n) is 9.07. The van der Waals surface area contributed by atoms with Gasteiger partial charge in [-0.2, -0.15) is 13.2 Å². The van der Waals surface area contributed by atoms with Gasteiger partial charge in [0, 0.05) is 29.8 Å².